The Morgan fingerprint density at radius 3 is 2.33 bits per heavy atom. The van der Waals surface area contributed by atoms with Crippen LogP contribution in [-0.4, -0.2) is 23.0 Å². The first-order valence-electron chi connectivity index (χ1n) is 7.96. The van der Waals surface area contributed by atoms with Gasteiger partial charge in [0.15, 0.2) is 0 Å². The van der Waals surface area contributed by atoms with Crippen molar-refractivity contribution in [1.82, 2.24) is 10.3 Å². The van der Waals surface area contributed by atoms with Gasteiger partial charge in [-0.3, -0.25) is 4.79 Å². The van der Waals surface area contributed by atoms with E-state index in [0.29, 0.717) is 22.2 Å². The number of hydrogen-bond acceptors (Lipinski definition) is 4. The summed E-state index contributed by atoms with van der Waals surface area (Å²) in [6, 6.07) is 6.83. The molecule has 0 radical (unpaired) electrons. The monoisotopic (exact) mass is 344 g/mol. The zero-order valence-corrected chi connectivity index (χ0v) is 14.4. The second kappa shape index (κ2) is 7.00. The number of carbonyl (C=O) groups excluding carboxylic acids is 2. The van der Waals surface area contributed by atoms with Crippen LogP contribution < -0.4 is 16.0 Å². The maximum absolute atomic E-state index is 12.2. The van der Waals surface area contributed by atoms with E-state index >= 15 is 0 Å². The van der Waals surface area contributed by atoms with Crippen molar-refractivity contribution >= 4 is 34.6 Å². The van der Waals surface area contributed by atoms with E-state index in [1.165, 1.54) is 24.2 Å². The maximum Gasteiger partial charge on any atom is 0.319 e. The molecule has 24 heavy (non-hydrogen) atoms. The minimum atomic E-state index is -0.251. The Hall–Kier alpha value is -2.41. The van der Waals surface area contributed by atoms with Gasteiger partial charge < -0.3 is 16.0 Å². The van der Waals surface area contributed by atoms with Crippen LogP contribution in [0.3, 0.4) is 0 Å². The lowest BCUT2D eigenvalue weighted by Gasteiger charge is -2.10. The van der Waals surface area contributed by atoms with Gasteiger partial charge in [0.25, 0.3) is 5.91 Å². The summed E-state index contributed by atoms with van der Waals surface area (Å²) in [7, 11) is 0. The number of benzene rings is 1. The highest BCUT2D eigenvalue weighted by atomic mass is 32.1. The van der Waals surface area contributed by atoms with Crippen LogP contribution in [0.1, 0.15) is 47.3 Å². The van der Waals surface area contributed by atoms with E-state index in [1.807, 2.05) is 13.8 Å². The average Bonchev–Trinajstić information content (AvgIpc) is 3.25. The second-order valence-electron chi connectivity index (χ2n) is 6.12. The summed E-state index contributed by atoms with van der Waals surface area (Å²) in [6.45, 7) is 3.79. The van der Waals surface area contributed by atoms with Gasteiger partial charge in [-0.1, -0.05) is 0 Å². The van der Waals surface area contributed by atoms with Crippen LogP contribution in [0.2, 0.25) is 0 Å². The van der Waals surface area contributed by atoms with E-state index in [0.717, 1.165) is 5.01 Å². The number of urea groups is 1. The fourth-order valence-corrected chi connectivity index (χ4v) is 3.15. The zero-order valence-electron chi connectivity index (χ0n) is 13.6. The quantitative estimate of drug-likeness (QED) is 0.771. The molecule has 3 rings (SSSR count). The molecule has 2 aromatic rings. The Morgan fingerprint density at radius 1 is 1.12 bits per heavy atom. The first kappa shape index (κ1) is 16.4. The van der Waals surface area contributed by atoms with Crippen LogP contribution in [0.25, 0.3) is 0 Å². The van der Waals surface area contributed by atoms with E-state index in [4.69, 9.17) is 0 Å². The predicted octanol–water partition coefficient (Wildman–Crippen LogP) is 3.80. The van der Waals surface area contributed by atoms with Crippen LogP contribution in [0.15, 0.2) is 30.5 Å². The third kappa shape index (κ3) is 4.32. The molecular formula is C17H20N4O2S. The summed E-state index contributed by atoms with van der Waals surface area (Å²) < 4.78 is 0. The Kier molecular flexibility index (Phi) is 4.80. The van der Waals surface area contributed by atoms with Gasteiger partial charge in [-0.25, -0.2) is 9.78 Å². The molecule has 3 N–H and O–H groups in total. The summed E-state index contributed by atoms with van der Waals surface area (Å²) in [5, 5.41) is 9.39. The number of carbonyl (C=O) groups is 2. The van der Waals surface area contributed by atoms with Crippen LogP contribution in [0.4, 0.5) is 16.2 Å². The van der Waals surface area contributed by atoms with Crippen LogP contribution in [-0.2, 0) is 0 Å². The molecule has 3 amide bonds. The first-order valence-corrected chi connectivity index (χ1v) is 8.77. The zero-order chi connectivity index (χ0) is 17.1. The van der Waals surface area contributed by atoms with Gasteiger partial charge >= 0.3 is 6.03 Å². The molecule has 6 nitrogen and oxygen atoms in total. The molecular weight excluding hydrogens is 324 g/mol. The third-order valence-electron chi connectivity index (χ3n) is 3.49. The Morgan fingerprint density at radius 2 is 1.75 bits per heavy atom. The molecule has 1 aromatic carbocycles. The van der Waals surface area contributed by atoms with Gasteiger partial charge in [0.1, 0.15) is 4.88 Å². The summed E-state index contributed by atoms with van der Waals surface area (Å²) in [5.41, 5.74) is 1.34. The van der Waals surface area contributed by atoms with Gasteiger partial charge in [-0.15, -0.1) is 11.3 Å². The number of hydrogen-bond donors (Lipinski definition) is 3. The molecule has 1 saturated carbocycles. The highest BCUT2D eigenvalue weighted by Gasteiger charge is 2.27. The second-order valence-corrected chi connectivity index (χ2v) is 7.18. The number of nitrogens with one attached hydrogen (secondary N) is 3. The van der Waals surface area contributed by atoms with Crippen LogP contribution in [0.5, 0.6) is 0 Å². The average molecular weight is 344 g/mol. The van der Waals surface area contributed by atoms with Crippen molar-refractivity contribution in [2.75, 3.05) is 10.6 Å². The number of thiazole rings is 1. The molecule has 1 aliphatic rings. The summed E-state index contributed by atoms with van der Waals surface area (Å²) in [5.74, 6) is 0.400. The molecule has 1 aliphatic carbocycles. The summed E-state index contributed by atoms with van der Waals surface area (Å²) in [6.07, 6.45) is 3.99. The first-order chi connectivity index (χ1) is 11.5. The molecule has 1 aromatic heterocycles. The molecule has 0 atom stereocenters. The molecule has 0 unspecified atom stereocenters. The lowest BCUT2D eigenvalue weighted by molar-refractivity contribution is 0.103. The van der Waals surface area contributed by atoms with Gasteiger partial charge in [-0.2, -0.15) is 0 Å². The standard InChI is InChI=1S/C17H20N4O2S/c1-10(2)19-17(23)21-13-7-5-12(6-8-13)20-15(22)14-9-18-16(24-14)11-3-4-11/h5-11H,3-4H2,1-2H3,(H,20,22)(H2,19,21,23). The highest BCUT2D eigenvalue weighted by molar-refractivity contribution is 7.13. The SMILES string of the molecule is CC(C)NC(=O)Nc1ccc(NC(=O)c2cnc(C3CC3)s2)cc1. The van der Waals surface area contributed by atoms with Gasteiger partial charge in [0, 0.05) is 23.3 Å². The topological polar surface area (TPSA) is 83.1 Å². The minimum Gasteiger partial charge on any atom is -0.336 e. The van der Waals surface area contributed by atoms with Crippen molar-refractivity contribution in [3.63, 3.8) is 0 Å². The largest absolute Gasteiger partial charge is 0.336 e. The fraction of sp³-hybridized carbons (Fsp3) is 0.353. The molecule has 1 fully saturated rings. The molecule has 7 heteroatoms. The van der Waals surface area contributed by atoms with Crippen molar-refractivity contribution < 1.29 is 9.59 Å². The molecule has 0 aliphatic heterocycles. The van der Waals surface area contributed by atoms with Crippen LogP contribution >= 0.6 is 11.3 Å². The van der Waals surface area contributed by atoms with Gasteiger partial charge in [0.2, 0.25) is 0 Å². The molecule has 1 heterocycles. The number of nitrogens with zero attached hydrogens (tertiary/aromatic N) is 1. The lowest BCUT2D eigenvalue weighted by atomic mass is 10.2. The van der Waals surface area contributed by atoms with E-state index in [9.17, 15) is 9.59 Å². The lowest BCUT2D eigenvalue weighted by Crippen LogP contribution is -2.34. The maximum atomic E-state index is 12.2. The van der Waals surface area contributed by atoms with Crippen molar-refractivity contribution in [3.05, 3.63) is 40.3 Å². The van der Waals surface area contributed by atoms with E-state index in [-0.39, 0.29) is 18.0 Å². The van der Waals surface area contributed by atoms with Crippen molar-refractivity contribution in [2.24, 2.45) is 0 Å². The normalized spacial score (nSPS) is 13.6. The van der Waals surface area contributed by atoms with E-state index < -0.39 is 0 Å². The Balaban J connectivity index is 1.56. The van der Waals surface area contributed by atoms with Gasteiger partial charge in [0.05, 0.1) is 11.2 Å². The molecule has 126 valence electrons. The molecule has 0 saturated heterocycles. The van der Waals surface area contributed by atoms with E-state index in [2.05, 4.69) is 20.9 Å². The molecule has 0 spiro atoms. The number of aromatic nitrogens is 1. The Bertz CT molecular complexity index is 735. The number of rotatable bonds is 5. The smallest absolute Gasteiger partial charge is 0.319 e. The number of anilines is 2. The minimum absolute atomic E-state index is 0.0727. The van der Waals surface area contributed by atoms with Crippen LogP contribution in [0, 0.1) is 0 Å². The Labute approximate surface area is 144 Å². The molecule has 0 bridgehead atoms. The van der Waals surface area contributed by atoms with E-state index in [1.54, 1.807) is 30.5 Å². The summed E-state index contributed by atoms with van der Waals surface area (Å²) >= 11 is 1.46. The summed E-state index contributed by atoms with van der Waals surface area (Å²) in [4.78, 5) is 28.8. The third-order valence-corrected chi connectivity index (χ3v) is 4.65. The van der Waals surface area contributed by atoms with Crippen molar-refractivity contribution in [2.45, 2.75) is 38.6 Å². The van der Waals surface area contributed by atoms with Crippen molar-refractivity contribution in [3.8, 4) is 0 Å². The predicted molar refractivity (Wildman–Crippen MR) is 95.8 cm³/mol. The van der Waals surface area contributed by atoms with Crippen molar-refractivity contribution in [1.29, 1.82) is 0 Å². The highest BCUT2D eigenvalue weighted by Crippen LogP contribution is 2.41. The van der Waals surface area contributed by atoms with Gasteiger partial charge in [-0.05, 0) is 51.0 Å². The fourth-order valence-electron chi connectivity index (χ4n) is 2.17. The number of amides is 3.